The molecule has 0 fully saturated rings. The van der Waals surface area contributed by atoms with Crippen LogP contribution in [0.1, 0.15) is 18.5 Å². The summed E-state index contributed by atoms with van der Waals surface area (Å²) in [6.07, 6.45) is 1.12. The van der Waals surface area contributed by atoms with Crippen molar-refractivity contribution in [2.45, 2.75) is 17.9 Å². The lowest BCUT2D eigenvalue weighted by Crippen LogP contribution is -2.07. The molecule has 5 heteroatoms. The fourth-order valence-corrected chi connectivity index (χ4v) is 1.78. The van der Waals surface area contributed by atoms with E-state index in [9.17, 15) is 13.5 Å². The van der Waals surface area contributed by atoms with Gasteiger partial charge >= 0.3 is 0 Å². The van der Waals surface area contributed by atoms with E-state index in [1.807, 2.05) is 0 Å². The zero-order chi connectivity index (χ0) is 10.9. The monoisotopic (exact) mass is 215 g/mol. The summed E-state index contributed by atoms with van der Waals surface area (Å²) in [5.74, 6) is 0.0207. The Bertz CT molecular complexity index is 437. The molecule has 0 saturated heterocycles. The van der Waals surface area contributed by atoms with Crippen molar-refractivity contribution in [1.82, 2.24) is 0 Å². The minimum absolute atomic E-state index is 0.0207. The first-order valence-corrected chi connectivity index (χ1v) is 6.00. The summed E-state index contributed by atoms with van der Waals surface area (Å²) < 4.78 is 22.4. The molecule has 0 aliphatic heterocycles. The molecule has 0 spiro atoms. The van der Waals surface area contributed by atoms with Gasteiger partial charge in [-0.1, -0.05) is 0 Å². The Kier molecular flexibility index (Phi) is 2.82. The van der Waals surface area contributed by atoms with Crippen LogP contribution in [0.15, 0.2) is 23.1 Å². The summed E-state index contributed by atoms with van der Waals surface area (Å²) >= 11 is 0. The Morgan fingerprint density at radius 1 is 1.43 bits per heavy atom. The van der Waals surface area contributed by atoms with Gasteiger partial charge in [0.2, 0.25) is 0 Å². The van der Waals surface area contributed by atoms with Gasteiger partial charge in [-0.05, 0) is 25.1 Å². The first-order chi connectivity index (χ1) is 6.32. The maximum absolute atomic E-state index is 11.2. The van der Waals surface area contributed by atoms with Crippen molar-refractivity contribution in [3.63, 3.8) is 0 Å². The zero-order valence-electron chi connectivity index (χ0n) is 8.06. The lowest BCUT2D eigenvalue weighted by molar-refractivity contribution is 0.463. The Balaban J connectivity index is 3.34. The Labute approximate surface area is 83.3 Å². The van der Waals surface area contributed by atoms with Crippen molar-refractivity contribution in [2.75, 3.05) is 6.26 Å². The fraction of sp³-hybridized carbons (Fsp3) is 0.333. The van der Waals surface area contributed by atoms with Gasteiger partial charge in [0, 0.05) is 17.9 Å². The molecule has 0 bridgehead atoms. The first kappa shape index (κ1) is 11.0. The molecule has 14 heavy (non-hydrogen) atoms. The lowest BCUT2D eigenvalue weighted by atomic mass is 10.1. The van der Waals surface area contributed by atoms with E-state index in [0.717, 1.165) is 6.26 Å². The lowest BCUT2D eigenvalue weighted by Gasteiger charge is -2.09. The topological polar surface area (TPSA) is 80.4 Å². The van der Waals surface area contributed by atoms with Crippen LogP contribution in [0.25, 0.3) is 0 Å². The van der Waals surface area contributed by atoms with E-state index in [1.54, 1.807) is 6.92 Å². The van der Waals surface area contributed by atoms with Crippen LogP contribution in [0, 0.1) is 0 Å². The number of phenolic OH excluding ortho intramolecular Hbond substituents is 1. The third-order valence-corrected chi connectivity index (χ3v) is 3.03. The van der Waals surface area contributed by atoms with E-state index in [-0.39, 0.29) is 10.6 Å². The molecule has 1 aromatic rings. The number of nitrogens with two attached hydrogens (primary N) is 1. The Hall–Kier alpha value is -1.07. The molecule has 1 unspecified atom stereocenters. The van der Waals surface area contributed by atoms with E-state index < -0.39 is 15.9 Å². The number of phenols is 1. The summed E-state index contributed by atoms with van der Waals surface area (Å²) in [4.78, 5) is 0.169. The highest BCUT2D eigenvalue weighted by molar-refractivity contribution is 7.90. The second-order valence-electron chi connectivity index (χ2n) is 3.28. The number of hydrogen-bond acceptors (Lipinski definition) is 4. The molecule has 3 N–H and O–H groups in total. The van der Waals surface area contributed by atoms with E-state index in [1.165, 1.54) is 18.2 Å². The second kappa shape index (κ2) is 3.59. The van der Waals surface area contributed by atoms with Gasteiger partial charge in [0.05, 0.1) is 4.90 Å². The molecule has 78 valence electrons. The normalized spacial score (nSPS) is 13.9. The third-order valence-electron chi connectivity index (χ3n) is 1.92. The SMILES string of the molecule is CC(N)c1cc(S(C)(=O)=O)ccc1O. The average Bonchev–Trinajstić information content (AvgIpc) is 2.02. The molecule has 0 aromatic heterocycles. The van der Waals surface area contributed by atoms with Gasteiger partial charge in [-0.2, -0.15) is 0 Å². The summed E-state index contributed by atoms with van der Waals surface area (Å²) in [7, 11) is -3.24. The molecule has 0 aliphatic rings. The van der Waals surface area contributed by atoms with Crippen molar-refractivity contribution < 1.29 is 13.5 Å². The van der Waals surface area contributed by atoms with Gasteiger partial charge in [0.25, 0.3) is 0 Å². The zero-order valence-corrected chi connectivity index (χ0v) is 8.88. The third kappa shape index (κ3) is 2.24. The molecule has 0 aliphatic carbocycles. The van der Waals surface area contributed by atoms with Gasteiger partial charge < -0.3 is 10.8 Å². The molecule has 1 aromatic carbocycles. The molecule has 1 rings (SSSR count). The fourth-order valence-electron chi connectivity index (χ4n) is 1.13. The number of benzene rings is 1. The second-order valence-corrected chi connectivity index (χ2v) is 5.30. The van der Waals surface area contributed by atoms with Gasteiger partial charge in [-0.15, -0.1) is 0 Å². The van der Waals surface area contributed by atoms with Gasteiger partial charge in [0.1, 0.15) is 5.75 Å². The van der Waals surface area contributed by atoms with E-state index >= 15 is 0 Å². The highest BCUT2D eigenvalue weighted by atomic mass is 32.2. The summed E-state index contributed by atoms with van der Waals surface area (Å²) in [5, 5.41) is 9.40. The minimum atomic E-state index is -3.24. The molecule has 0 radical (unpaired) electrons. The van der Waals surface area contributed by atoms with Gasteiger partial charge in [0.15, 0.2) is 9.84 Å². The van der Waals surface area contributed by atoms with Crippen LogP contribution in [0.5, 0.6) is 5.75 Å². The predicted octanol–water partition coefficient (Wildman–Crippen LogP) is 0.815. The molecule has 0 saturated carbocycles. The average molecular weight is 215 g/mol. The predicted molar refractivity (Wildman–Crippen MR) is 53.8 cm³/mol. The van der Waals surface area contributed by atoms with Crippen molar-refractivity contribution in [3.05, 3.63) is 23.8 Å². The van der Waals surface area contributed by atoms with Crippen LogP contribution in [-0.4, -0.2) is 19.8 Å². The number of sulfone groups is 1. The number of rotatable bonds is 2. The van der Waals surface area contributed by atoms with Gasteiger partial charge in [-0.25, -0.2) is 8.42 Å². The quantitative estimate of drug-likeness (QED) is 0.765. The highest BCUT2D eigenvalue weighted by Gasteiger charge is 2.12. The number of hydrogen-bond donors (Lipinski definition) is 2. The first-order valence-electron chi connectivity index (χ1n) is 4.11. The van der Waals surface area contributed by atoms with Crippen LogP contribution < -0.4 is 5.73 Å². The minimum Gasteiger partial charge on any atom is -0.508 e. The number of aromatic hydroxyl groups is 1. The summed E-state index contributed by atoms with van der Waals surface area (Å²) in [6, 6.07) is 3.71. The van der Waals surface area contributed by atoms with Crippen LogP contribution in [0.3, 0.4) is 0 Å². The standard InChI is InChI=1S/C9H13NO3S/c1-6(10)8-5-7(14(2,12)13)3-4-9(8)11/h3-6,11H,10H2,1-2H3. The summed E-state index contributed by atoms with van der Waals surface area (Å²) in [5.41, 5.74) is 6.01. The summed E-state index contributed by atoms with van der Waals surface area (Å²) in [6.45, 7) is 1.68. The Morgan fingerprint density at radius 2 is 2.00 bits per heavy atom. The Morgan fingerprint density at radius 3 is 2.43 bits per heavy atom. The molecule has 4 nitrogen and oxygen atoms in total. The molecule has 0 amide bonds. The van der Waals surface area contributed by atoms with E-state index in [4.69, 9.17) is 5.73 Å². The van der Waals surface area contributed by atoms with Crippen LogP contribution in [0.4, 0.5) is 0 Å². The van der Waals surface area contributed by atoms with Crippen LogP contribution in [-0.2, 0) is 9.84 Å². The smallest absolute Gasteiger partial charge is 0.175 e. The van der Waals surface area contributed by atoms with Gasteiger partial charge in [-0.3, -0.25) is 0 Å². The molecular formula is C9H13NO3S. The van der Waals surface area contributed by atoms with Crippen LogP contribution >= 0.6 is 0 Å². The van der Waals surface area contributed by atoms with Crippen LogP contribution in [0.2, 0.25) is 0 Å². The highest BCUT2D eigenvalue weighted by Crippen LogP contribution is 2.25. The molecule has 0 heterocycles. The maximum atomic E-state index is 11.2. The van der Waals surface area contributed by atoms with Crippen molar-refractivity contribution in [1.29, 1.82) is 0 Å². The molecular weight excluding hydrogens is 202 g/mol. The van der Waals surface area contributed by atoms with Crippen molar-refractivity contribution in [2.24, 2.45) is 5.73 Å². The maximum Gasteiger partial charge on any atom is 0.175 e. The van der Waals surface area contributed by atoms with E-state index in [0.29, 0.717) is 5.56 Å². The van der Waals surface area contributed by atoms with Crippen molar-refractivity contribution >= 4 is 9.84 Å². The molecule has 1 atom stereocenters. The largest absolute Gasteiger partial charge is 0.508 e. The van der Waals surface area contributed by atoms with Crippen molar-refractivity contribution in [3.8, 4) is 5.75 Å². The van der Waals surface area contributed by atoms with E-state index in [2.05, 4.69) is 0 Å².